The van der Waals surface area contributed by atoms with Crippen LogP contribution in [0.5, 0.6) is 5.75 Å². The van der Waals surface area contributed by atoms with E-state index in [2.05, 4.69) is 20.6 Å². The maximum atomic E-state index is 12.9. The number of ether oxygens (including phenoxy) is 1. The third-order valence-corrected chi connectivity index (χ3v) is 5.99. The summed E-state index contributed by atoms with van der Waals surface area (Å²) in [4.78, 5) is 20.5. The molecular formula is C21H20F3N5O2S. The van der Waals surface area contributed by atoms with Gasteiger partial charge in [-0.15, -0.1) is 0 Å². The Kier molecular flexibility index (Phi) is 6.02. The van der Waals surface area contributed by atoms with Gasteiger partial charge >= 0.3 is 6.18 Å². The van der Waals surface area contributed by atoms with E-state index in [1.165, 1.54) is 30.7 Å². The zero-order valence-electron chi connectivity index (χ0n) is 17.0. The van der Waals surface area contributed by atoms with E-state index in [4.69, 9.17) is 10.5 Å². The standard InChI is InChI=1S/C21H20F3N5O2S/c1-31-16-5-11(7-26-18(16)21(22,23)24)4-14(25)9-28-20-29-10-17(32-20)12-2-3-15-13(6-12)8-27-19(15)30/h2-3,5-7,10,14H,4,8-9,25H2,1H3,(H,27,30)(H,28,29)/t14-/m0/s1. The van der Waals surface area contributed by atoms with Crippen LogP contribution in [-0.2, 0) is 19.1 Å². The van der Waals surface area contributed by atoms with Gasteiger partial charge in [-0.1, -0.05) is 17.4 Å². The molecule has 1 amide bonds. The van der Waals surface area contributed by atoms with E-state index < -0.39 is 11.9 Å². The Morgan fingerprint density at radius 3 is 2.84 bits per heavy atom. The number of benzene rings is 1. The first-order valence-electron chi connectivity index (χ1n) is 9.71. The normalized spacial score (nSPS) is 14.1. The molecule has 2 aromatic heterocycles. The minimum atomic E-state index is -4.58. The summed E-state index contributed by atoms with van der Waals surface area (Å²) in [5, 5.41) is 6.63. The Hall–Kier alpha value is -3.18. The third-order valence-electron chi connectivity index (χ3n) is 4.99. The highest BCUT2D eigenvalue weighted by molar-refractivity contribution is 7.18. The molecule has 11 heteroatoms. The summed E-state index contributed by atoms with van der Waals surface area (Å²) in [6.07, 6.45) is -1.35. The maximum absolute atomic E-state index is 12.9. The topological polar surface area (TPSA) is 102 Å². The number of anilines is 1. The van der Waals surface area contributed by atoms with Gasteiger partial charge in [0.15, 0.2) is 10.8 Å². The number of nitrogens with one attached hydrogen (secondary N) is 2. The molecule has 4 rings (SSSR count). The Bertz CT molecular complexity index is 1150. The molecule has 0 radical (unpaired) electrons. The molecule has 0 bridgehead atoms. The van der Waals surface area contributed by atoms with Crippen LogP contribution in [0.3, 0.4) is 0 Å². The third kappa shape index (κ3) is 4.68. The number of hydrogen-bond acceptors (Lipinski definition) is 7. The summed E-state index contributed by atoms with van der Waals surface area (Å²) in [5.41, 5.74) is 8.25. The van der Waals surface area contributed by atoms with Gasteiger partial charge in [0.2, 0.25) is 0 Å². The monoisotopic (exact) mass is 463 g/mol. The number of halogens is 3. The van der Waals surface area contributed by atoms with Crippen molar-refractivity contribution in [1.29, 1.82) is 0 Å². The Balaban J connectivity index is 1.37. The van der Waals surface area contributed by atoms with E-state index >= 15 is 0 Å². The molecule has 7 nitrogen and oxygen atoms in total. The average molecular weight is 463 g/mol. The fourth-order valence-electron chi connectivity index (χ4n) is 3.43. The minimum Gasteiger partial charge on any atom is -0.494 e. The molecule has 168 valence electrons. The lowest BCUT2D eigenvalue weighted by Gasteiger charge is -2.15. The molecule has 3 aromatic rings. The van der Waals surface area contributed by atoms with Crippen molar-refractivity contribution in [1.82, 2.24) is 15.3 Å². The summed E-state index contributed by atoms with van der Waals surface area (Å²) in [5.74, 6) is -0.390. The number of alkyl halides is 3. The maximum Gasteiger partial charge on any atom is 0.437 e. The zero-order valence-corrected chi connectivity index (χ0v) is 17.8. The predicted octanol–water partition coefficient (Wildman–Crippen LogP) is 3.46. The molecule has 32 heavy (non-hydrogen) atoms. The number of hydrogen-bond donors (Lipinski definition) is 3. The van der Waals surface area contributed by atoms with Gasteiger partial charge in [0.25, 0.3) is 5.91 Å². The number of rotatable bonds is 7. The highest BCUT2D eigenvalue weighted by Gasteiger charge is 2.36. The zero-order chi connectivity index (χ0) is 22.9. The molecule has 1 aliphatic heterocycles. The van der Waals surface area contributed by atoms with Crippen molar-refractivity contribution in [3.8, 4) is 16.2 Å². The van der Waals surface area contributed by atoms with Crippen molar-refractivity contribution < 1.29 is 22.7 Å². The number of nitrogens with two attached hydrogens (primary N) is 1. The molecular weight excluding hydrogens is 443 g/mol. The second-order valence-corrected chi connectivity index (χ2v) is 8.35. The molecule has 1 aliphatic rings. The number of amides is 1. The van der Waals surface area contributed by atoms with Crippen molar-refractivity contribution in [3.05, 3.63) is 59.0 Å². The Morgan fingerprint density at radius 1 is 1.28 bits per heavy atom. The number of carbonyl (C=O) groups is 1. The number of carbonyl (C=O) groups excluding carboxylic acids is 1. The van der Waals surface area contributed by atoms with Crippen LogP contribution in [-0.4, -0.2) is 35.6 Å². The number of fused-ring (bicyclic) bond motifs is 1. The van der Waals surface area contributed by atoms with Crippen molar-refractivity contribution >= 4 is 22.4 Å². The van der Waals surface area contributed by atoms with Crippen molar-refractivity contribution in [2.75, 3.05) is 19.0 Å². The van der Waals surface area contributed by atoms with Crippen LogP contribution < -0.4 is 21.1 Å². The second kappa shape index (κ2) is 8.75. The van der Waals surface area contributed by atoms with E-state index in [9.17, 15) is 18.0 Å². The second-order valence-electron chi connectivity index (χ2n) is 7.32. The first-order valence-corrected chi connectivity index (χ1v) is 10.5. The van der Waals surface area contributed by atoms with E-state index in [0.717, 1.165) is 16.0 Å². The Labute approximate surface area is 185 Å². The smallest absolute Gasteiger partial charge is 0.437 e. The summed E-state index contributed by atoms with van der Waals surface area (Å²) in [6, 6.07) is 6.61. The molecule has 1 aromatic carbocycles. The van der Waals surface area contributed by atoms with Crippen molar-refractivity contribution in [2.24, 2.45) is 5.73 Å². The summed E-state index contributed by atoms with van der Waals surface area (Å²) in [7, 11) is 1.17. The average Bonchev–Trinajstić information content (AvgIpc) is 3.38. The fourth-order valence-corrected chi connectivity index (χ4v) is 4.25. The number of nitrogens with zero attached hydrogens (tertiary/aromatic N) is 2. The van der Waals surface area contributed by atoms with Crippen LogP contribution in [0.25, 0.3) is 10.4 Å². The quantitative estimate of drug-likeness (QED) is 0.496. The lowest BCUT2D eigenvalue weighted by molar-refractivity contribution is -0.142. The van der Waals surface area contributed by atoms with E-state index in [0.29, 0.717) is 35.8 Å². The molecule has 0 saturated carbocycles. The highest BCUT2D eigenvalue weighted by atomic mass is 32.1. The molecule has 0 unspecified atom stereocenters. The lowest BCUT2D eigenvalue weighted by atomic mass is 10.1. The fraction of sp³-hybridized carbons (Fsp3) is 0.286. The van der Waals surface area contributed by atoms with Gasteiger partial charge in [-0.25, -0.2) is 9.97 Å². The van der Waals surface area contributed by atoms with Gasteiger partial charge < -0.3 is 21.1 Å². The van der Waals surface area contributed by atoms with E-state index in [1.807, 2.05) is 18.2 Å². The van der Waals surface area contributed by atoms with E-state index in [1.54, 1.807) is 6.20 Å². The first kappa shape index (κ1) is 22.0. The molecule has 1 atom stereocenters. The number of aromatic nitrogens is 2. The number of pyridine rings is 1. The van der Waals surface area contributed by atoms with Crippen molar-refractivity contribution in [3.63, 3.8) is 0 Å². The number of methoxy groups -OCH3 is 1. The van der Waals surface area contributed by atoms with Gasteiger partial charge in [-0.05, 0) is 41.3 Å². The molecule has 0 saturated heterocycles. The van der Waals surface area contributed by atoms with Gasteiger partial charge in [-0.2, -0.15) is 13.2 Å². The highest BCUT2D eigenvalue weighted by Crippen LogP contribution is 2.35. The van der Waals surface area contributed by atoms with Crippen LogP contribution >= 0.6 is 11.3 Å². The SMILES string of the molecule is COc1cc(C[C@H](N)CNc2ncc(-c3ccc4c(c3)CNC4=O)s2)cnc1C(F)(F)F. The van der Waals surface area contributed by atoms with Crippen LogP contribution in [0.15, 0.2) is 36.7 Å². The van der Waals surface area contributed by atoms with Crippen LogP contribution in [0.4, 0.5) is 18.3 Å². The van der Waals surface area contributed by atoms with Crippen LogP contribution in [0.2, 0.25) is 0 Å². The molecule has 0 spiro atoms. The molecule has 4 N–H and O–H groups in total. The summed E-state index contributed by atoms with van der Waals surface area (Å²) in [6.45, 7) is 0.892. The predicted molar refractivity (Wildman–Crippen MR) is 115 cm³/mol. The van der Waals surface area contributed by atoms with E-state index in [-0.39, 0.29) is 17.7 Å². The molecule has 3 heterocycles. The van der Waals surface area contributed by atoms with Gasteiger partial charge in [-0.3, -0.25) is 4.79 Å². The molecule has 0 fully saturated rings. The summed E-state index contributed by atoms with van der Waals surface area (Å²) < 4.78 is 43.7. The van der Waals surface area contributed by atoms with Gasteiger partial charge in [0, 0.05) is 37.1 Å². The first-order chi connectivity index (χ1) is 15.2. The largest absolute Gasteiger partial charge is 0.494 e. The Morgan fingerprint density at radius 2 is 2.09 bits per heavy atom. The van der Waals surface area contributed by atoms with Gasteiger partial charge in [0.1, 0.15) is 5.75 Å². The minimum absolute atomic E-state index is 0.0620. The molecule has 0 aliphatic carbocycles. The van der Waals surface area contributed by atoms with Gasteiger partial charge in [0.05, 0.1) is 12.0 Å². The summed E-state index contributed by atoms with van der Waals surface area (Å²) >= 11 is 1.45. The lowest BCUT2D eigenvalue weighted by Crippen LogP contribution is -2.31. The van der Waals surface area contributed by atoms with Crippen molar-refractivity contribution in [2.45, 2.75) is 25.2 Å². The number of thiazole rings is 1. The van der Waals surface area contributed by atoms with Crippen LogP contribution in [0.1, 0.15) is 27.2 Å². The van der Waals surface area contributed by atoms with Crippen LogP contribution in [0, 0.1) is 0 Å².